The van der Waals surface area contributed by atoms with E-state index in [0.29, 0.717) is 6.33 Å². The molecule has 0 fully saturated rings. The fourth-order valence-electron chi connectivity index (χ4n) is 1.10. The second-order valence-electron chi connectivity index (χ2n) is 2.78. The predicted octanol–water partition coefficient (Wildman–Crippen LogP) is 4.52. The van der Waals surface area contributed by atoms with E-state index in [1.807, 2.05) is 51.1 Å². The molecule has 0 atom stereocenters. The zero-order chi connectivity index (χ0) is 10.8. The van der Waals surface area contributed by atoms with Gasteiger partial charge in [-0.1, -0.05) is 51.1 Å². The van der Waals surface area contributed by atoms with E-state index in [0.717, 1.165) is 18.4 Å². The van der Waals surface area contributed by atoms with Gasteiger partial charge in [0.05, 0.1) is 6.33 Å². The minimum atomic E-state index is 0.715. The molecule has 0 radical (unpaired) electrons. The molecule has 0 aliphatic rings. The van der Waals surface area contributed by atoms with Gasteiger partial charge in [0.15, 0.2) is 0 Å². The Morgan fingerprint density at radius 2 is 1.79 bits per heavy atom. The van der Waals surface area contributed by atoms with E-state index in [4.69, 9.17) is 0 Å². The van der Waals surface area contributed by atoms with Crippen LogP contribution in [0.4, 0.5) is 4.39 Å². The molecule has 0 saturated heterocycles. The predicted molar refractivity (Wildman–Crippen MR) is 61.0 cm³/mol. The first-order chi connectivity index (χ1) is 6.86. The summed E-state index contributed by atoms with van der Waals surface area (Å²) in [7, 11) is 0. The average molecular weight is 194 g/mol. The zero-order valence-corrected chi connectivity index (χ0v) is 9.26. The molecule has 0 amide bonds. The highest BCUT2D eigenvalue weighted by Gasteiger charge is 1.95. The van der Waals surface area contributed by atoms with E-state index in [9.17, 15) is 4.39 Å². The van der Waals surface area contributed by atoms with Gasteiger partial charge in [0.1, 0.15) is 0 Å². The lowest BCUT2D eigenvalue weighted by Crippen LogP contribution is -1.87. The molecule has 0 aliphatic heterocycles. The molecule has 78 valence electrons. The number of hydrogen-bond donors (Lipinski definition) is 0. The van der Waals surface area contributed by atoms with Crippen LogP contribution in [0, 0.1) is 0 Å². The summed E-state index contributed by atoms with van der Waals surface area (Å²) in [5.41, 5.74) is 2.02. The molecule has 0 spiro atoms. The summed E-state index contributed by atoms with van der Waals surface area (Å²) in [4.78, 5) is 0. The van der Waals surface area contributed by atoms with Gasteiger partial charge >= 0.3 is 0 Å². The number of hydrogen-bond acceptors (Lipinski definition) is 0. The number of benzene rings is 1. The monoisotopic (exact) mass is 194 g/mol. The molecular formula is C13H19F. The van der Waals surface area contributed by atoms with Crippen LogP contribution in [0.3, 0.4) is 0 Å². The van der Waals surface area contributed by atoms with Gasteiger partial charge in [0.2, 0.25) is 0 Å². The van der Waals surface area contributed by atoms with Crippen LogP contribution in [-0.4, -0.2) is 0 Å². The zero-order valence-electron chi connectivity index (χ0n) is 9.26. The van der Waals surface area contributed by atoms with Gasteiger partial charge < -0.3 is 0 Å². The third-order valence-electron chi connectivity index (χ3n) is 1.88. The third-order valence-corrected chi connectivity index (χ3v) is 1.88. The summed E-state index contributed by atoms with van der Waals surface area (Å²) < 4.78 is 12.2. The second kappa shape index (κ2) is 8.49. The average Bonchev–Trinajstić information content (AvgIpc) is 2.30. The van der Waals surface area contributed by atoms with Crippen molar-refractivity contribution < 1.29 is 4.39 Å². The largest absolute Gasteiger partial charge is 0.216 e. The second-order valence-corrected chi connectivity index (χ2v) is 2.78. The third kappa shape index (κ3) is 4.80. The van der Waals surface area contributed by atoms with Crippen LogP contribution in [-0.2, 0) is 6.42 Å². The molecule has 0 heterocycles. The maximum atomic E-state index is 12.2. The molecule has 1 rings (SSSR count). The molecule has 0 bridgehead atoms. The van der Waals surface area contributed by atoms with Crippen molar-refractivity contribution in [1.82, 2.24) is 0 Å². The minimum absolute atomic E-state index is 0.715. The van der Waals surface area contributed by atoms with Crippen LogP contribution in [0.25, 0.3) is 0 Å². The summed E-state index contributed by atoms with van der Waals surface area (Å²) in [5, 5.41) is 0. The normalized spacial score (nSPS) is 10.4. The minimum Gasteiger partial charge on any atom is -0.216 e. The topological polar surface area (TPSA) is 0 Å². The lowest BCUT2D eigenvalue weighted by molar-refractivity contribution is 0.696. The molecule has 1 aromatic carbocycles. The summed E-state index contributed by atoms with van der Waals surface area (Å²) in [6, 6.07) is 9.94. The van der Waals surface area contributed by atoms with Gasteiger partial charge in [0, 0.05) is 0 Å². The quantitative estimate of drug-likeness (QED) is 0.663. The lowest BCUT2D eigenvalue weighted by Gasteiger charge is -2.01. The van der Waals surface area contributed by atoms with Crippen LogP contribution in [0.5, 0.6) is 0 Å². The Balaban J connectivity index is 0.000000791. The number of halogens is 1. The van der Waals surface area contributed by atoms with Crippen molar-refractivity contribution in [1.29, 1.82) is 0 Å². The molecule has 0 aliphatic carbocycles. The summed E-state index contributed by atoms with van der Waals surface area (Å²) in [6.45, 7) is 5.97. The summed E-state index contributed by atoms with van der Waals surface area (Å²) in [6.07, 6.45) is 2.23. The Hall–Kier alpha value is -1.11. The van der Waals surface area contributed by atoms with E-state index < -0.39 is 0 Å². The SMILES string of the molecule is CC.CC/C(=C/F)Cc1ccccc1. The van der Waals surface area contributed by atoms with Crippen LogP contribution in [0.15, 0.2) is 42.2 Å². The van der Waals surface area contributed by atoms with Crippen molar-refractivity contribution in [3.05, 3.63) is 47.8 Å². The summed E-state index contributed by atoms with van der Waals surface area (Å²) in [5.74, 6) is 0. The van der Waals surface area contributed by atoms with Crippen LogP contribution in [0.2, 0.25) is 0 Å². The molecule has 14 heavy (non-hydrogen) atoms. The first-order valence-electron chi connectivity index (χ1n) is 5.19. The van der Waals surface area contributed by atoms with Crippen molar-refractivity contribution in [2.45, 2.75) is 33.6 Å². The molecule has 0 nitrogen and oxygen atoms in total. The van der Waals surface area contributed by atoms with Crippen molar-refractivity contribution in [3.63, 3.8) is 0 Å². The van der Waals surface area contributed by atoms with E-state index in [1.165, 1.54) is 5.56 Å². The highest BCUT2D eigenvalue weighted by molar-refractivity contribution is 5.20. The maximum absolute atomic E-state index is 12.2. The Bertz CT molecular complexity index is 249. The highest BCUT2D eigenvalue weighted by Crippen LogP contribution is 2.10. The van der Waals surface area contributed by atoms with Crippen molar-refractivity contribution in [3.8, 4) is 0 Å². The van der Waals surface area contributed by atoms with Gasteiger partial charge in [-0.15, -0.1) is 0 Å². The standard InChI is InChI=1S/C11H13F.C2H6/c1-2-10(9-12)8-11-6-4-3-5-7-11;1-2/h3-7,9H,2,8H2,1H3;1-2H3/b10-9-;. The molecule has 1 aromatic rings. The fraction of sp³-hybridized carbons (Fsp3) is 0.385. The van der Waals surface area contributed by atoms with E-state index in [-0.39, 0.29) is 0 Å². The van der Waals surface area contributed by atoms with Gasteiger partial charge in [-0.05, 0) is 24.0 Å². The maximum Gasteiger partial charge on any atom is 0.0862 e. The lowest BCUT2D eigenvalue weighted by atomic mass is 10.1. The van der Waals surface area contributed by atoms with Crippen LogP contribution in [0.1, 0.15) is 32.8 Å². The van der Waals surface area contributed by atoms with Crippen LogP contribution >= 0.6 is 0 Å². The smallest absolute Gasteiger partial charge is 0.0862 e. The van der Waals surface area contributed by atoms with Crippen molar-refractivity contribution in [2.24, 2.45) is 0 Å². The Labute approximate surface area is 86.5 Å². The Morgan fingerprint density at radius 1 is 1.21 bits per heavy atom. The van der Waals surface area contributed by atoms with Crippen molar-refractivity contribution >= 4 is 0 Å². The van der Waals surface area contributed by atoms with Gasteiger partial charge in [-0.3, -0.25) is 0 Å². The fourth-order valence-corrected chi connectivity index (χ4v) is 1.10. The van der Waals surface area contributed by atoms with E-state index in [2.05, 4.69) is 0 Å². The first-order valence-corrected chi connectivity index (χ1v) is 5.19. The molecular weight excluding hydrogens is 175 g/mol. The molecule has 0 N–H and O–H groups in total. The molecule has 1 heteroatoms. The Kier molecular flexibility index (Phi) is 7.81. The van der Waals surface area contributed by atoms with Crippen molar-refractivity contribution in [2.75, 3.05) is 0 Å². The number of rotatable bonds is 3. The Morgan fingerprint density at radius 3 is 2.21 bits per heavy atom. The van der Waals surface area contributed by atoms with Crippen LogP contribution < -0.4 is 0 Å². The van der Waals surface area contributed by atoms with Gasteiger partial charge in [0.25, 0.3) is 0 Å². The van der Waals surface area contributed by atoms with Gasteiger partial charge in [-0.25, -0.2) is 4.39 Å². The first kappa shape index (κ1) is 12.9. The molecule has 0 aromatic heterocycles. The van der Waals surface area contributed by atoms with Gasteiger partial charge in [-0.2, -0.15) is 0 Å². The van der Waals surface area contributed by atoms with E-state index in [1.54, 1.807) is 0 Å². The molecule has 0 unspecified atom stereocenters. The molecule has 0 saturated carbocycles. The van der Waals surface area contributed by atoms with E-state index >= 15 is 0 Å². The summed E-state index contributed by atoms with van der Waals surface area (Å²) >= 11 is 0. The highest BCUT2D eigenvalue weighted by atomic mass is 19.1. The number of allylic oxidation sites excluding steroid dienone is 1.